The highest BCUT2D eigenvalue weighted by Crippen LogP contribution is 2.62. The van der Waals surface area contributed by atoms with Gasteiger partial charge >= 0.3 is 0 Å². The van der Waals surface area contributed by atoms with Gasteiger partial charge in [-0.2, -0.15) is 0 Å². The number of aromatic nitrogens is 4. The van der Waals surface area contributed by atoms with E-state index in [1.54, 1.807) is 24.8 Å². The molecule has 0 saturated carbocycles. The molecule has 5 heterocycles. The van der Waals surface area contributed by atoms with E-state index < -0.39 is 5.41 Å². The van der Waals surface area contributed by atoms with Crippen LogP contribution in [0.25, 0.3) is 89.6 Å². The molecule has 1 spiro atoms. The molecule has 0 radical (unpaired) electrons. The molecular formula is C55H32N4O3. The van der Waals surface area contributed by atoms with Crippen molar-refractivity contribution in [3.63, 3.8) is 0 Å². The van der Waals surface area contributed by atoms with E-state index in [1.807, 2.05) is 18.2 Å². The normalized spacial score (nSPS) is 13.1. The van der Waals surface area contributed by atoms with Gasteiger partial charge in [-0.25, -0.2) is 9.97 Å². The molecule has 0 fully saturated rings. The van der Waals surface area contributed by atoms with Gasteiger partial charge in [0.05, 0.1) is 17.8 Å². The van der Waals surface area contributed by atoms with E-state index in [2.05, 4.69) is 162 Å². The van der Waals surface area contributed by atoms with E-state index in [0.29, 0.717) is 22.9 Å². The van der Waals surface area contributed by atoms with Crippen LogP contribution >= 0.6 is 0 Å². The van der Waals surface area contributed by atoms with E-state index in [9.17, 15) is 0 Å². The van der Waals surface area contributed by atoms with Crippen molar-refractivity contribution in [2.45, 2.75) is 5.41 Å². The number of nitrogens with zero attached hydrogens (tertiary/aromatic N) is 4. The Morgan fingerprint density at radius 2 is 0.823 bits per heavy atom. The molecular weight excluding hydrogens is 765 g/mol. The Hall–Kier alpha value is -8.42. The van der Waals surface area contributed by atoms with Crippen LogP contribution in [-0.2, 0) is 5.41 Å². The Morgan fingerprint density at radius 3 is 1.40 bits per heavy atom. The van der Waals surface area contributed by atoms with Crippen molar-refractivity contribution in [3.8, 4) is 78.9 Å². The number of ether oxygens (including phenoxy) is 1. The van der Waals surface area contributed by atoms with Crippen LogP contribution in [0, 0.1) is 0 Å². The summed E-state index contributed by atoms with van der Waals surface area (Å²) in [5, 5.41) is 0. The molecule has 0 saturated heterocycles. The van der Waals surface area contributed by atoms with Crippen LogP contribution in [0.2, 0.25) is 0 Å². The van der Waals surface area contributed by atoms with Crippen molar-refractivity contribution in [2.75, 3.05) is 0 Å². The van der Waals surface area contributed by atoms with Gasteiger partial charge in [-0.05, 0) is 116 Å². The van der Waals surface area contributed by atoms with Crippen molar-refractivity contribution in [1.29, 1.82) is 0 Å². The molecule has 7 heteroatoms. The molecule has 2 aliphatic rings. The lowest BCUT2D eigenvalue weighted by Crippen LogP contribution is -2.32. The smallest absolute Gasteiger partial charge is 0.227 e. The Morgan fingerprint density at radius 1 is 0.355 bits per heavy atom. The Balaban J connectivity index is 0.927. The van der Waals surface area contributed by atoms with Gasteiger partial charge in [0.2, 0.25) is 11.8 Å². The van der Waals surface area contributed by atoms with Crippen LogP contribution in [0.5, 0.6) is 11.5 Å². The molecule has 1 aliphatic carbocycles. The zero-order chi connectivity index (χ0) is 40.8. The number of para-hydroxylation sites is 2. The number of pyridine rings is 2. The number of benzene rings is 7. The molecule has 4 aromatic heterocycles. The molecule has 0 bridgehead atoms. The van der Waals surface area contributed by atoms with Crippen molar-refractivity contribution >= 4 is 22.2 Å². The van der Waals surface area contributed by atoms with Crippen LogP contribution in [-0.4, -0.2) is 19.9 Å². The fourth-order valence-electron chi connectivity index (χ4n) is 9.64. The first-order valence-electron chi connectivity index (χ1n) is 20.6. The van der Waals surface area contributed by atoms with Crippen molar-refractivity contribution in [2.24, 2.45) is 0 Å². The minimum atomic E-state index is -0.531. The SMILES string of the molecule is c1cc(-c2cccc(-c3ccc4c(c3)C3(c5ccccc5Oc5ccccc53)c3ccccc3-4)c2)cc(-c2cc(-c3nc4ccncc4o3)cc(-c3nc4ccncc4o3)c2)c1. The van der Waals surface area contributed by atoms with Crippen LogP contribution in [0.4, 0.5) is 0 Å². The maximum absolute atomic E-state index is 6.58. The first-order chi connectivity index (χ1) is 30.7. The number of fused-ring (bicyclic) bond motifs is 11. The van der Waals surface area contributed by atoms with E-state index in [4.69, 9.17) is 23.5 Å². The van der Waals surface area contributed by atoms with E-state index >= 15 is 0 Å². The summed E-state index contributed by atoms with van der Waals surface area (Å²) in [6, 6.07) is 60.2. The minimum Gasteiger partial charge on any atom is -0.457 e. The molecule has 13 rings (SSSR count). The Labute approximate surface area is 355 Å². The van der Waals surface area contributed by atoms with Crippen LogP contribution < -0.4 is 4.74 Å². The lowest BCUT2D eigenvalue weighted by molar-refractivity contribution is 0.436. The highest BCUT2D eigenvalue weighted by molar-refractivity contribution is 5.91. The van der Waals surface area contributed by atoms with Crippen molar-refractivity contribution in [1.82, 2.24) is 19.9 Å². The third-order valence-corrected chi connectivity index (χ3v) is 12.4. The quantitative estimate of drug-likeness (QED) is 0.171. The highest BCUT2D eigenvalue weighted by atomic mass is 16.5. The molecule has 7 aromatic carbocycles. The minimum absolute atomic E-state index is 0.490. The molecule has 7 nitrogen and oxygen atoms in total. The van der Waals surface area contributed by atoms with Crippen molar-refractivity contribution < 1.29 is 13.6 Å². The number of hydrogen-bond donors (Lipinski definition) is 0. The molecule has 290 valence electrons. The second-order valence-corrected chi connectivity index (χ2v) is 15.8. The summed E-state index contributed by atoms with van der Waals surface area (Å²) in [4.78, 5) is 18.1. The summed E-state index contributed by atoms with van der Waals surface area (Å²) in [6.07, 6.45) is 6.80. The summed E-state index contributed by atoms with van der Waals surface area (Å²) in [7, 11) is 0. The van der Waals surface area contributed by atoms with Crippen LogP contribution in [0.1, 0.15) is 22.3 Å². The fourth-order valence-corrected chi connectivity index (χ4v) is 9.64. The molecule has 11 aromatic rings. The molecule has 62 heavy (non-hydrogen) atoms. The maximum Gasteiger partial charge on any atom is 0.227 e. The van der Waals surface area contributed by atoms with Gasteiger partial charge in [-0.3, -0.25) is 9.97 Å². The monoisotopic (exact) mass is 796 g/mol. The lowest BCUT2D eigenvalue weighted by atomic mass is 9.66. The van der Waals surface area contributed by atoms with E-state index in [-0.39, 0.29) is 0 Å². The summed E-state index contributed by atoms with van der Waals surface area (Å²) in [5.41, 5.74) is 17.6. The van der Waals surface area contributed by atoms with Crippen LogP contribution in [0.15, 0.2) is 203 Å². The Bertz CT molecular complexity index is 3400. The summed E-state index contributed by atoms with van der Waals surface area (Å²) in [6.45, 7) is 0. The number of oxazole rings is 2. The molecule has 0 N–H and O–H groups in total. The predicted molar refractivity (Wildman–Crippen MR) is 242 cm³/mol. The average Bonchev–Trinajstić information content (AvgIpc) is 4.05. The highest BCUT2D eigenvalue weighted by Gasteiger charge is 2.51. The van der Waals surface area contributed by atoms with Crippen molar-refractivity contribution in [3.05, 3.63) is 217 Å². The summed E-state index contributed by atoms with van der Waals surface area (Å²) >= 11 is 0. The number of rotatable bonds is 5. The molecule has 0 unspecified atom stereocenters. The Kier molecular flexibility index (Phi) is 7.39. The predicted octanol–water partition coefficient (Wildman–Crippen LogP) is 13.6. The molecule has 0 atom stereocenters. The first-order valence-corrected chi connectivity index (χ1v) is 20.6. The maximum atomic E-state index is 6.58. The number of hydrogen-bond acceptors (Lipinski definition) is 7. The van der Waals surface area contributed by atoms with Gasteiger partial charge < -0.3 is 13.6 Å². The summed E-state index contributed by atoms with van der Waals surface area (Å²) in [5.74, 6) is 2.75. The van der Waals surface area contributed by atoms with Gasteiger partial charge in [0.15, 0.2) is 11.2 Å². The van der Waals surface area contributed by atoms with Gasteiger partial charge in [-0.15, -0.1) is 0 Å². The average molecular weight is 797 g/mol. The van der Waals surface area contributed by atoms with E-state index in [0.717, 1.165) is 78.2 Å². The second kappa shape index (κ2) is 13.3. The largest absolute Gasteiger partial charge is 0.457 e. The third kappa shape index (κ3) is 5.18. The van der Waals surface area contributed by atoms with E-state index in [1.165, 1.54) is 22.3 Å². The fraction of sp³-hybridized carbons (Fsp3) is 0.0182. The topological polar surface area (TPSA) is 87.1 Å². The lowest BCUT2D eigenvalue weighted by Gasteiger charge is -2.39. The molecule has 0 amide bonds. The zero-order valence-corrected chi connectivity index (χ0v) is 33.0. The zero-order valence-electron chi connectivity index (χ0n) is 33.0. The third-order valence-electron chi connectivity index (χ3n) is 12.4. The van der Waals surface area contributed by atoms with Gasteiger partial charge in [0.25, 0.3) is 0 Å². The standard InChI is InChI=1S/C55H32N4O3/c1-2-14-43-41(13-1)42-20-19-37(30-46(42)55(43)44-15-3-5-17-49(44)60-50-18-6-4-16-45(50)55)35-11-7-9-33(25-35)34-10-8-12-36(26-34)38-27-39(53-58-47-21-23-56-31-51(47)61-53)29-40(28-38)54-59-48-22-24-57-32-52(48)62-54/h1-32H. The summed E-state index contributed by atoms with van der Waals surface area (Å²) < 4.78 is 19.0. The van der Waals surface area contributed by atoms with Gasteiger partial charge in [-0.1, -0.05) is 109 Å². The second-order valence-electron chi connectivity index (χ2n) is 15.8. The van der Waals surface area contributed by atoms with Gasteiger partial charge in [0.1, 0.15) is 22.5 Å². The molecule has 1 aliphatic heterocycles. The first kappa shape index (κ1) is 34.4. The van der Waals surface area contributed by atoms with Gasteiger partial charge in [0, 0.05) is 34.6 Å². The van der Waals surface area contributed by atoms with Crippen LogP contribution in [0.3, 0.4) is 0 Å².